The molecule has 1 N–H and O–H groups in total. The zero-order valence-electron chi connectivity index (χ0n) is 17.6. The standard InChI is InChI=1S/C24H23ClN2O3S/c1-23(2)18-10-11-24(23,3)21(28)17(18)12-14-4-6-15(7-5-14)22-26-19-9-8-16(31(25,29)30)13-20(19)27-22/h4-9,12-13,18H,10-11H2,1-3H3,(H,26,27)/b17-12-. The van der Waals surface area contributed by atoms with Crippen LogP contribution in [0.25, 0.3) is 28.5 Å². The summed E-state index contributed by atoms with van der Waals surface area (Å²) in [6.07, 6.45) is 4.08. The lowest BCUT2D eigenvalue weighted by Gasteiger charge is -2.31. The van der Waals surface area contributed by atoms with Gasteiger partial charge in [0.05, 0.1) is 15.9 Å². The van der Waals surface area contributed by atoms with E-state index in [2.05, 4.69) is 30.7 Å². The molecule has 7 heteroatoms. The van der Waals surface area contributed by atoms with Crippen molar-refractivity contribution >= 4 is 42.6 Å². The molecular formula is C24H23ClN2O3S. The summed E-state index contributed by atoms with van der Waals surface area (Å²) in [5.74, 6) is 1.25. The third kappa shape index (κ3) is 2.99. The number of carbonyl (C=O) groups is 1. The van der Waals surface area contributed by atoms with E-state index in [4.69, 9.17) is 10.7 Å². The molecule has 2 unspecified atom stereocenters. The molecule has 2 atom stereocenters. The van der Waals surface area contributed by atoms with Crippen molar-refractivity contribution in [3.8, 4) is 11.4 Å². The molecule has 1 aromatic heterocycles. The van der Waals surface area contributed by atoms with E-state index in [1.54, 1.807) is 6.07 Å². The van der Waals surface area contributed by atoms with Crippen LogP contribution in [0.2, 0.25) is 0 Å². The number of aromatic amines is 1. The first-order valence-corrected chi connectivity index (χ1v) is 12.6. The van der Waals surface area contributed by atoms with Gasteiger partial charge in [-0.2, -0.15) is 0 Å². The van der Waals surface area contributed by atoms with Crippen LogP contribution >= 0.6 is 10.7 Å². The predicted molar refractivity (Wildman–Crippen MR) is 122 cm³/mol. The summed E-state index contributed by atoms with van der Waals surface area (Å²) in [6.45, 7) is 6.55. The Morgan fingerprint density at radius 2 is 1.84 bits per heavy atom. The van der Waals surface area contributed by atoms with E-state index in [0.29, 0.717) is 28.6 Å². The molecule has 31 heavy (non-hydrogen) atoms. The average molecular weight is 455 g/mol. The van der Waals surface area contributed by atoms with Crippen molar-refractivity contribution in [2.45, 2.75) is 38.5 Å². The summed E-state index contributed by atoms with van der Waals surface area (Å²) >= 11 is 0. The summed E-state index contributed by atoms with van der Waals surface area (Å²) < 4.78 is 23.1. The molecule has 0 spiro atoms. The van der Waals surface area contributed by atoms with Crippen molar-refractivity contribution in [2.24, 2.45) is 16.7 Å². The Morgan fingerprint density at radius 1 is 1.13 bits per heavy atom. The average Bonchev–Trinajstić information content (AvgIpc) is 3.27. The first kappa shape index (κ1) is 20.5. The number of rotatable bonds is 3. The van der Waals surface area contributed by atoms with Crippen molar-refractivity contribution in [1.29, 1.82) is 0 Å². The number of hydrogen-bond acceptors (Lipinski definition) is 4. The van der Waals surface area contributed by atoms with E-state index in [-0.39, 0.29) is 15.7 Å². The summed E-state index contributed by atoms with van der Waals surface area (Å²) in [7, 11) is 1.64. The minimum absolute atomic E-state index is 0.000498. The quantitative estimate of drug-likeness (QED) is 0.414. The van der Waals surface area contributed by atoms with Crippen LogP contribution in [0.3, 0.4) is 0 Å². The maximum Gasteiger partial charge on any atom is 0.261 e. The van der Waals surface area contributed by atoms with Crippen LogP contribution in [0.15, 0.2) is 52.9 Å². The number of allylic oxidation sites excluding steroid dienone is 1. The monoisotopic (exact) mass is 454 g/mol. The van der Waals surface area contributed by atoms with Crippen molar-refractivity contribution in [3.05, 3.63) is 53.6 Å². The Hall–Kier alpha value is -2.44. The third-order valence-electron chi connectivity index (χ3n) is 7.61. The van der Waals surface area contributed by atoms with Crippen LogP contribution in [0.4, 0.5) is 0 Å². The van der Waals surface area contributed by atoms with Gasteiger partial charge < -0.3 is 4.98 Å². The molecule has 1 heterocycles. The van der Waals surface area contributed by atoms with E-state index in [0.717, 1.165) is 29.5 Å². The number of Topliss-reactive ketones (excluding diaryl/α,β-unsaturated/α-hetero) is 1. The fourth-order valence-electron chi connectivity index (χ4n) is 5.29. The largest absolute Gasteiger partial charge is 0.338 e. The molecule has 5 rings (SSSR count). The topological polar surface area (TPSA) is 79.9 Å². The van der Waals surface area contributed by atoms with Crippen molar-refractivity contribution in [1.82, 2.24) is 9.97 Å². The SMILES string of the molecule is CC12CCC(/C(=C/c3ccc(-c4nc5ccc(S(=O)(=O)Cl)cc5[nH]4)cc3)C1=O)C2(C)C. The number of nitrogens with zero attached hydrogens (tertiary/aromatic N) is 1. The number of benzene rings is 2. The second kappa shape index (κ2) is 6.53. The number of halogens is 1. The van der Waals surface area contributed by atoms with Crippen LogP contribution in [-0.4, -0.2) is 24.2 Å². The number of aromatic nitrogens is 2. The first-order valence-electron chi connectivity index (χ1n) is 10.3. The molecule has 2 aliphatic carbocycles. The van der Waals surface area contributed by atoms with Crippen molar-refractivity contribution in [2.75, 3.05) is 0 Å². The zero-order chi connectivity index (χ0) is 22.2. The maximum absolute atomic E-state index is 13.1. The molecule has 2 aromatic carbocycles. The van der Waals surface area contributed by atoms with Gasteiger partial charge in [-0.15, -0.1) is 0 Å². The summed E-state index contributed by atoms with van der Waals surface area (Å²) in [4.78, 5) is 20.8. The molecule has 5 nitrogen and oxygen atoms in total. The molecule has 0 aliphatic heterocycles. The fraction of sp³-hybridized carbons (Fsp3) is 0.333. The van der Waals surface area contributed by atoms with Crippen LogP contribution in [0.5, 0.6) is 0 Å². The van der Waals surface area contributed by atoms with Crippen LogP contribution < -0.4 is 0 Å². The lowest BCUT2D eigenvalue weighted by Crippen LogP contribution is -2.32. The highest BCUT2D eigenvalue weighted by atomic mass is 35.7. The predicted octanol–water partition coefficient (Wildman–Crippen LogP) is 5.57. The number of imidazole rings is 1. The normalized spacial score (nSPS) is 26.3. The van der Waals surface area contributed by atoms with Crippen molar-refractivity contribution < 1.29 is 13.2 Å². The third-order valence-corrected chi connectivity index (χ3v) is 8.96. The van der Waals surface area contributed by atoms with E-state index in [1.807, 2.05) is 30.3 Å². The van der Waals surface area contributed by atoms with Gasteiger partial charge in [-0.05, 0) is 59.6 Å². The molecule has 2 aliphatic rings. The van der Waals surface area contributed by atoms with Gasteiger partial charge in [-0.25, -0.2) is 13.4 Å². The van der Waals surface area contributed by atoms with E-state index >= 15 is 0 Å². The van der Waals surface area contributed by atoms with Gasteiger partial charge >= 0.3 is 0 Å². The Bertz CT molecular complexity index is 1370. The Labute approximate surface area is 186 Å². The van der Waals surface area contributed by atoms with Crippen molar-refractivity contribution in [3.63, 3.8) is 0 Å². The van der Waals surface area contributed by atoms with Gasteiger partial charge in [-0.1, -0.05) is 45.0 Å². The Kier molecular flexibility index (Phi) is 4.31. The number of ketones is 1. The van der Waals surface area contributed by atoms with E-state index in [1.165, 1.54) is 12.1 Å². The Balaban J connectivity index is 1.46. The van der Waals surface area contributed by atoms with Crippen LogP contribution in [0, 0.1) is 16.7 Å². The molecule has 3 aromatic rings. The lowest BCUT2D eigenvalue weighted by molar-refractivity contribution is -0.125. The van der Waals surface area contributed by atoms with E-state index < -0.39 is 9.05 Å². The first-order chi connectivity index (χ1) is 14.5. The molecule has 160 valence electrons. The molecule has 2 saturated carbocycles. The second-order valence-electron chi connectivity index (χ2n) is 9.40. The summed E-state index contributed by atoms with van der Waals surface area (Å²) in [5.41, 5.74) is 3.82. The minimum Gasteiger partial charge on any atom is -0.338 e. The minimum atomic E-state index is -3.80. The lowest BCUT2D eigenvalue weighted by atomic mass is 9.70. The second-order valence-corrected chi connectivity index (χ2v) is 12.0. The van der Waals surface area contributed by atoms with Crippen LogP contribution in [0.1, 0.15) is 39.2 Å². The summed E-state index contributed by atoms with van der Waals surface area (Å²) in [5, 5.41) is 0. The van der Waals surface area contributed by atoms with Gasteiger partial charge in [0.25, 0.3) is 9.05 Å². The highest BCUT2D eigenvalue weighted by Gasteiger charge is 2.63. The number of nitrogens with one attached hydrogen (secondary N) is 1. The number of fused-ring (bicyclic) bond motifs is 3. The molecule has 2 fully saturated rings. The highest BCUT2D eigenvalue weighted by molar-refractivity contribution is 8.13. The molecule has 0 amide bonds. The van der Waals surface area contributed by atoms with Gasteiger partial charge in [0.1, 0.15) is 5.82 Å². The molecule has 0 radical (unpaired) electrons. The molecule has 2 bridgehead atoms. The van der Waals surface area contributed by atoms with Gasteiger partial charge in [0, 0.05) is 21.7 Å². The highest BCUT2D eigenvalue weighted by Crippen LogP contribution is 2.65. The Morgan fingerprint density at radius 3 is 2.45 bits per heavy atom. The van der Waals surface area contributed by atoms with E-state index in [9.17, 15) is 13.2 Å². The maximum atomic E-state index is 13.1. The molecule has 0 saturated heterocycles. The van der Waals surface area contributed by atoms with Gasteiger partial charge in [-0.3, -0.25) is 4.79 Å². The number of hydrogen-bond donors (Lipinski definition) is 1. The number of H-pyrrole nitrogens is 1. The smallest absolute Gasteiger partial charge is 0.261 e. The zero-order valence-corrected chi connectivity index (χ0v) is 19.1. The summed E-state index contributed by atoms with van der Waals surface area (Å²) in [6, 6.07) is 12.4. The van der Waals surface area contributed by atoms with Crippen LogP contribution in [-0.2, 0) is 13.8 Å². The molecular weight excluding hydrogens is 432 g/mol. The van der Waals surface area contributed by atoms with Gasteiger partial charge in [0.2, 0.25) is 0 Å². The van der Waals surface area contributed by atoms with Gasteiger partial charge in [0.15, 0.2) is 5.78 Å². The number of carbonyl (C=O) groups excluding carboxylic acids is 1. The fourth-order valence-corrected chi connectivity index (χ4v) is 6.06.